The van der Waals surface area contributed by atoms with E-state index < -0.39 is 0 Å². The summed E-state index contributed by atoms with van der Waals surface area (Å²) in [5.74, 6) is 0. The zero-order valence-corrected chi connectivity index (χ0v) is 8.04. The van der Waals surface area contributed by atoms with E-state index in [1.54, 1.807) is 0 Å². The number of aromatic nitrogens is 1. The number of nitrogens with zero attached hydrogens (tertiary/aromatic N) is 2. The maximum Gasteiger partial charge on any atom is 0.0501 e. The van der Waals surface area contributed by atoms with Crippen LogP contribution in [0.1, 0.15) is 5.69 Å². The molecule has 0 bridgehead atoms. The molecule has 0 aliphatic carbocycles. The van der Waals surface area contributed by atoms with E-state index in [-0.39, 0.29) is 32.7 Å². The van der Waals surface area contributed by atoms with Gasteiger partial charge in [-0.15, -0.1) is 6.07 Å². The van der Waals surface area contributed by atoms with Crippen molar-refractivity contribution in [2.45, 2.75) is 0 Å². The first-order valence-electron chi connectivity index (χ1n) is 2.36. The van der Waals surface area contributed by atoms with Crippen molar-refractivity contribution in [3.63, 3.8) is 0 Å². The van der Waals surface area contributed by atoms with E-state index in [2.05, 4.69) is 11.1 Å². The Balaban J connectivity index is 0.000000810. The maximum absolute atomic E-state index is 8.26. The summed E-state index contributed by atoms with van der Waals surface area (Å²) in [7, 11) is 0. The minimum absolute atomic E-state index is 0. The average Bonchev–Trinajstić information content (AvgIpc) is 1.90. The second-order valence-electron chi connectivity index (χ2n) is 1.50. The molecular formula is C6H4N3Y-. The molecule has 0 spiro atoms. The molecule has 1 radical (unpaired) electrons. The van der Waals surface area contributed by atoms with Crippen LogP contribution >= 0.6 is 0 Å². The van der Waals surface area contributed by atoms with Crippen LogP contribution in [-0.4, -0.2) is 4.98 Å². The Morgan fingerprint density at radius 2 is 2.40 bits per heavy atom. The molecule has 47 valence electrons. The fraction of sp³-hybridized carbons (Fsp3) is 0. The van der Waals surface area contributed by atoms with Crippen LogP contribution in [0.2, 0.25) is 0 Å². The smallest absolute Gasteiger partial charge is 0.0501 e. The Morgan fingerprint density at radius 1 is 1.70 bits per heavy atom. The van der Waals surface area contributed by atoms with Crippen LogP contribution in [0.3, 0.4) is 0 Å². The van der Waals surface area contributed by atoms with E-state index in [4.69, 9.17) is 11.0 Å². The molecule has 1 heterocycles. The molecular weight excluding hydrogens is 203 g/mol. The van der Waals surface area contributed by atoms with Gasteiger partial charge in [0.1, 0.15) is 0 Å². The Morgan fingerprint density at radius 3 is 2.80 bits per heavy atom. The normalized spacial score (nSPS) is 7.50. The third-order valence-corrected chi connectivity index (χ3v) is 0.833. The second kappa shape index (κ2) is 4.37. The predicted molar refractivity (Wildman–Crippen MR) is 32.2 cm³/mol. The van der Waals surface area contributed by atoms with Crippen LogP contribution in [0, 0.1) is 17.4 Å². The summed E-state index contributed by atoms with van der Waals surface area (Å²) in [5, 5.41) is 8.26. The quantitative estimate of drug-likeness (QED) is 0.623. The summed E-state index contributed by atoms with van der Waals surface area (Å²) < 4.78 is 0. The maximum atomic E-state index is 8.26. The predicted octanol–water partition coefficient (Wildman–Crippen LogP) is 0.333. The molecule has 4 heteroatoms. The third-order valence-electron chi connectivity index (χ3n) is 0.833. The zero-order chi connectivity index (χ0) is 6.69. The van der Waals surface area contributed by atoms with Gasteiger partial charge < -0.3 is 10.7 Å². The van der Waals surface area contributed by atoms with Gasteiger partial charge in [-0.05, 0) is 0 Å². The Bertz CT molecular complexity index is 236. The number of nitriles is 1. The summed E-state index contributed by atoms with van der Waals surface area (Å²) in [6, 6.07) is 5.95. The molecule has 0 atom stereocenters. The summed E-state index contributed by atoms with van der Waals surface area (Å²) in [4.78, 5) is 3.68. The monoisotopic (exact) mass is 207 g/mol. The van der Waals surface area contributed by atoms with Crippen LogP contribution in [-0.2, 0) is 32.7 Å². The van der Waals surface area contributed by atoms with Crippen molar-refractivity contribution in [2.75, 3.05) is 5.73 Å². The Labute approximate surface area is 84.1 Å². The van der Waals surface area contributed by atoms with Gasteiger partial charge in [-0.1, -0.05) is 11.9 Å². The Kier molecular flexibility index (Phi) is 4.17. The number of hydrogen-bond acceptors (Lipinski definition) is 3. The molecule has 0 saturated carbocycles. The Hall–Kier alpha value is -0.456. The molecule has 10 heavy (non-hydrogen) atoms. The van der Waals surface area contributed by atoms with E-state index in [0.717, 1.165) is 0 Å². The number of nitrogens with two attached hydrogens (primary N) is 1. The van der Waals surface area contributed by atoms with Crippen molar-refractivity contribution in [1.29, 1.82) is 5.26 Å². The van der Waals surface area contributed by atoms with Crippen molar-refractivity contribution in [3.8, 4) is 6.07 Å². The molecule has 0 amide bonds. The van der Waals surface area contributed by atoms with Gasteiger partial charge in [0.05, 0.1) is 6.07 Å². The minimum Gasteiger partial charge on any atom is -0.418 e. The summed E-state index contributed by atoms with van der Waals surface area (Å²) in [6.45, 7) is 0. The van der Waals surface area contributed by atoms with Gasteiger partial charge in [-0.2, -0.15) is 6.07 Å². The minimum atomic E-state index is 0. The molecule has 1 aromatic heterocycles. The van der Waals surface area contributed by atoms with Crippen LogP contribution in [0.5, 0.6) is 0 Å². The molecule has 0 saturated heterocycles. The second-order valence-corrected chi connectivity index (χ2v) is 1.50. The first-order chi connectivity index (χ1) is 4.33. The zero-order valence-electron chi connectivity index (χ0n) is 5.20. The first kappa shape index (κ1) is 9.54. The van der Waals surface area contributed by atoms with Gasteiger partial charge in [-0.25, -0.2) is 5.26 Å². The number of hydrogen-bond donors (Lipinski definition) is 1. The summed E-state index contributed by atoms with van der Waals surface area (Å²) >= 11 is 0. The molecule has 3 nitrogen and oxygen atoms in total. The van der Waals surface area contributed by atoms with Crippen LogP contribution < -0.4 is 5.73 Å². The van der Waals surface area contributed by atoms with Crippen molar-refractivity contribution in [3.05, 3.63) is 24.0 Å². The third kappa shape index (κ3) is 2.42. The van der Waals surface area contributed by atoms with Gasteiger partial charge in [0.25, 0.3) is 0 Å². The molecule has 0 fully saturated rings. The molecule has 0 aliphatic rings. The molecule has 1 rings (SSSR count). The summed E-state index contributed by atoms with van der Waals surface area (Å²) in [5.41, 5.74) is 6.04. The molecule has 0 aromatic carbocycles. The molecule has 2 N–H and O–H groups in total. The average molecular weight is 207 g/mol. The molecule has 0 aliphatic heterocycles. The van der Waals surface area contributed by atoms with Crippen molar-refractivity contribution in [2.24, 2.45) is 0 Å². The van der Waals surface area contributed by atoms with E-state index >= 15 is 0 Å². The van der Waals surface area contributed by atoms with Gasteiger partial charge in [0.2, 0.25) is 0 Å². The molecule has 0 unspecified atom stereocenters. The van der Waals surface area contributed by atoms with Crippen LogP contribution in [0.15, 0.2) is 12.3 Å². The van der Waals surface area contributed by atoms with Crippen molar-refractivity contribution < 1.29 is 32.7 Å². The fourth-order valence-corrected chi connectivity index (χ4v) is 0.426. The molecule has 1 aromatic rings. The SMILES string of the molecule is N#Cc1c[c-]c(N)cn1.[Y]. The number of nitrogen functional groups attached to an aromatic ring is 1. The standard InChI is InChI=1S/C6H4N3.Y/c7-3-6-2-1-5(8)4-9-6;/h2,4H,8H2;/q-1;. The van der Waals surface area contributed by atoms with Crippen LogP contribution in [0.25, 0.3) is 0 Å². The van der Waals surface area contributed by atoms with Crippen molar-refractivity contribution in [1.82, 2.24) is 4.98 Å². The van der Waals surface area contributed by atoms with Crippen molar-refractivity contribution >= 4 is 5.69 Å². The first-order valence-corrected chi connectivity index (χ1v) is 2.36. The van der Waals surface area contributed by atoms with Crippen LogP contribution in [0.4, 0.5) is 5.69 Å². The van der Waals surface area contributed by atoms with Gasteiger partial charge in [-0.3, -0.25) is 0 Å². The number of pyridine rings is 1. The number of anilines is 1. The van der Waals surface area contributed by atoms with E-state index in [9.17, 15) is 0 Å². The van der Waals surface area contributed by atoms with E-state index in [1.165, 1.54) is 12.3 Å². The summed E-state index contributed by atoms with van der Waals surface area (Å²) in [6.07, 6.45) is 1.40. The number of rotatable bonds is 0. The largest absolute Gasteiger partial charge is 0.418 e. The van der Waals surface area contributed by atoms with E-state index in [1.807, 2.05) is 6.07 Å². The fourth-order valence-electron chi connectivity index (χ4n) is 0.426. The topological polar surface area (TPSA) is 62.7 Å². The van der Waals surface area contributed by atoms with Gasteiger partial charge >= 0.3 is 0 Å². The van der Waals surface area contributed by atoms with Gasteiger partial charge in [0, 0.05) is 38.4 Å². The van der Waals surface area contributed by atoms with Gasteiger partial charge in [0.15, 0.2) is 0 Å². The van der Waals surface area contributed by atoms with E-state index in [0.29, 0.717) is 11.4 Å².